The van der Waals surface area contributed by atoms with Gasteiger partial charge in [-0.3, -0.25) is 4.99 Å². The van der Waals surface area contributed by atoms with Crippen molar-refractivity contribution < 1.29 is 4.74 Å². The van der Waals surface area contributed by atoms with E-state index in [0.717, 1.165) is 19.1 Å². The van der Waals surface area contributed by atoms with Crippen molar-refractivity contribution in [2.75, 3.05) is 26.5 Å². The van der Waals surface area contributed by atoms with Gasteiger partial charge < -0.3 is 15.4 Å². The van der Waals surface area contributed by atoms with E-state index < -0.39 is 0 Å². The van der Waals surface area contributed by atoms with Crippen molar-refractivity contribution >= 4 is 41.7 Å². The number of fused-ring (bicyclic) bond motifs is 2. The average molecular weight is 453 g/mol. The van der Waals surface area contributed by atoms with Gasteiger partial charge >= 0.3 is 0 Å². The van der Waals surface area contributed by atoms with E-state index in [-0.39, 0.29) is 28.7 Å². The number of halogens is 1. The maximum absolute atomic E-state index is 6.06. The van der Waals surface area contributed by atoms with Crippen LogP contribution in [-0.4, -0.2) is 49.3 Å². The highest BCUT2D eigenvalue weighted by atomic mass is 127. The summed E-state index contributed by atoms with van der Waals surface area (Å²) in [6.45, 7) is 6.40. The normalized spacial score (nSPS) is 32.2. The van der Waals surface area contributed by atoms with Crippen molar-refractivity contribution in [1.82, 2.24) is 10.6 Å². The number of hydrogen-bond acceptors (Lipinski definition) is 3. The number of nitrogens with zero attached hydrogens (tertiary/aromatic N) is 1. The molecule has 0 aromatic heterocycles. The Bertz CT molecular complexity index is 438. The summed E-state index contributed by atoms with van der Waals surface area (Å²) >= 11 is 1.89. The summed E-state index contributed by atoms with van der Waals surface area (Å²) in [4.78, 5) is 4.46. The predicted molar refractivity (Wildman–Crippen MR) is 110 cm³/mol. The second kappa shape index (κ2) is 7.68. The fourth-order valence-corrected chi connectivity index (χ4v) is 4.83. The lowest BCUT2D eigenvalue weighted by Crippen LogP contribution is -2.69. The van der Waals surface area contributed by atoms with Gasteiger partial charge in [-0.05, 0) is 39.4 Å². The first-order chi connectivity index (χ1) is 10.5. The average Bonchev–Trinajstić information content (AvgIpc) is 3.15. The van der Waals surface area contributed by atoms with E-state index in [1.807, 2.05) is 18.8 Å². The quantitative estimate of drug-likeness (QED) is 0.390. The summed E-state index contributed by atoms with van der Waals surface area (Å²) in [5, 5.41) is 7.28. The number of aliphatic imine (C=N–C) groups is 1. The highest BCUT2D eigenvalue weighted by molar-refractivity contribution is 14.0. The van der Waals surface area contributed by atoms with Crippen LogP contribution in [0.2, 0.25) is 0 Å². The summed E-state index contributed by atoms with van der Waals surface area (Å²) in [5.74, 6) is 1.65. The van der Waals surface area contributed by atoms with E-state index in [9.17, 15) is 0 Å². The van der Waals surface area contributed by atoms with Crippen LogP contribution >= 0.6 is 35.7 Å². The van der Waals surface area contributed by atoms with Gasteiger partial charge in [0.1, 0.15) is 0 Å². The van der Waals surface area contributed by atoms with E-state index in [2.05, 4.69) is 35.7 Å². The molecule has 3 rings (SSSR count). The van der Waals surface area contributed by atoms with Crippen molar-refractivity contribution in [1.29, 1.82) is 0 Å². The number of hydrogen-bond donors (Lipinski definition) is 2. The fourth-order valence-electron chi connectivity index (χ4n) is 4.61. The first-order valence-corrected chi connectivity index (χ1v) is 9.89. The van der Waals surface area contributed by atoms with Crippen LogP contribution < -0.4 is 10.6 Å². The summed E-state index contributed by atoms with van der Waals surface area (Å²) < 4.78 is 6.29. The second-order valence-electron chi connectivity index (χ2n) is 7.70. The number of ether oxygens (including phenoxy) is 1. The molecule has 2 saturated carbocycles. The van der Waals surface area contributed by atoms with Crippen LogP contribution in [0.25, 0.3) is 0 Å². The molecule has 0 aromatic carbocycles. The monoisotopic (exact) mass is 453 g/mol. The number of thioether (sulfide) groups is 1. The Morgan fingerprint density at radius 1 is 1.35 bits per heavy atom. The summed E-state index contributed by atoms with van der Waals surface area (Å²) in [6, 6.07) is 0.547. The van der Waals surface area contributed by atoms with Gasteiger partial charge in [0.05, 0.1) is 6.10 Å². The van der Waals surface area contributed by atoms with Crippen molar-refractivity contribution in [2.24, 2.45) is 16.3 Å². The molecule has 1 heterocycles. The molecule has 134 valence electrons. The maximum Gasteiger partial charge on any atom is 0.191 e. The van der Waals surface area contributed by atoms with Crippen LogP contribution in [0.1, 0.15) is 46.0 Å². The van der Waals surface area contributed by atoms with Crippen molar-refractivity contribution in [2.45, 2.75) is 62.8 Å². The molecule has 3 fully saturated rings. The van der Waals surface area contributed by atoms with Crippen LogP contribution in [0.5, 0.6) is 0 Å². The topological polar surface area (TPSA) is 45.7 Å². The smallest absolute Gasteiger partial charge is 0.191 e. The molecule has 6 heteroatoms. The Morgan fingerprint density at radius 2 is 2.04 bits per heavy atom. The van der Waals surface area contributed by atoms with E-state index in [1.165, 1.54) is 32.1 Å². The zero-order valence-electron chi connectivity index (χ0n) is 14.9. The lowest BCUT2D eigenvalue weighted by Gasteiger charge is -2.57. The molecule has 0 radical (unpaired) electrons. The summed E-state index contributed by atoms with van der Waals surface area (Å²) in [7, 11) is 1.88. The molecule has 4 nitrogen and oxygen atoms in total. The van der Waals surface area contributed by atoms with Gasteiger partial charge in [-0.2, -0.15) is 11.8 Å². The van der Waals surface area contributed by atoms with Gasteiger partial charge in [-0.15, -0.1) is 24.0 Å². The van der Waals surface area contributed by atoms with Gasteiger partial charge in [0.15, 0.2) is 5.96 Å². The van der Waals surface area contributed by atoms with Crippen LogP contribution in [-0.2, 0) is 4.74 Å². The molecule has 3 atom stereocenters. The molecule has 0 amide bonds. The minimum Gasteiger partial charge on any atom is -0.377 e. The lowest BCUT2D eigenvalue weighted by molar-refractivity contribution is -0.125. The molecule has 0 aromatic rings. The van der Waals surface area contributed by atoms with Crippen molar-refractivity contribution in [3.8, 4) is 0 Å². The molecular formula is C17H32IN3OS. The van der Waals surface area contributed by atoms with Gasteiger partial charge in [0, 0.05) is 42.3 Å². The molecule has 3 unspecified atom stereocenters. The molecule has 2 N–H and O–H groups in total. The van der Waals surface area contributed by atoms with E-state index in [4.69, 9.17) is 4.74 Å². The van der Waals surface area contributed by atoms with Crippen LogP contribution in [0.3, 0.4) is 0 Å². The van der Waals surface area contributed by atoms with E-state index >= 15 is 0 Å². The highest BCUT2D eigenvalue weighted by Crippen LogP contribution is 2.60. The number of guanidine groups is 1. The lowest BCUT2D eigenvalue weighted by atomic mass is 9.54. The number of nitrogens with one attached hydrogen (secondary N) is 2. The highest BCUT2D eigenvalue weighted by Gasteiger charge is 2.65. The molecule has 23 heavy (non-hydrogen) atoms. The maximum atomic E-state index is 6.06. The summed E-state index contributed by atoms with van der Waals surface area (Å²) in [6.07, 6.45) is 9.23. The standard InChI is InChI=1S/C17H31N3OS.HI/c1-16(2,22-4)11-19-15(18-3)20-13-12-7-10-21-14(12)17(13)8-5-6-9-17;/h12-14H,5-11H2,1-4H3,(H2,18,19,20);1H. The zero-order valence-corrected chi connectivity index (χ0v) is 18.0. The zero-order chi connectivity index (χ0) is 15.8. The van der Waals surface area contributed by atoms with Gasteiger partial charge in [0.25, 0.3) is 0 Å². The van der Waals surface area contributed by atoms with Crippen LogP contribution in [0.4, 0.5) is 0 Å². The summed E-state index contributed by atoms with van der Waals surface area (Å²) in [5.41, 5.74) is 0.383. The first kappa shape index (κ1) is 19.6. The minimum absolute atomic E-state index is 0. The van der Waals surface area contributed by atoms with E-state index in [0.29, 0.717) is 23.5 Å². The molecule has 2 aliphatic carbocycles. The molecule has 1 spiro atoms. The molecule has 0 bridgehead atoms. The number of rotatable bonds is 4. The van der Waals surface area contributed by atoms with Crippen molar-refractivity contribution in [3.05, 3.63) is 0 Å². The Labute approximate surface area is 162 Å². The molecule has 3 aliphatic rings. The molecule has 1 aliphatic heterocycles. The van der Waals surface area contributed by atoms with E-state index in [1.54, 1.807) is 0 Å². The van der Waals surface area contributed by atoms with Gasteiger partial charge in [-0.25, -0.2) is 0 Å². The predicted octanol–water partition coefficient (Wildman–Crippen LogP) is 3.26. The van der Waals surface area contributed by atoms with Crippen LogP contribution in [0, 0.1) is 11.3 Å². The minimum atomic E-state index is 0. The third-order valence-electron chi connectivity index (χ3n) is 6.04. The Morgan fingerprint density at radius 3 is 2.65 bits per heavy atom. The van der Waals surface area contributed by atoms with Gasteiger partial charge in [-0.1, -0.05) is 12.8 Å². The van der Waals surface area contributed by atoms with Crippen molar-refractivity contribution in [3.63, 3.8) is 0 Å². The third kappa shape index (κ3) is 3.64. The first-order valence-electron chi connectivity index (χ1n) is 8.66. The second-order valence-corrected chi connectivity index (χ2v) is 9.21. The third-order valence-corrected chi connectivity index (χ3v) is 7.29. The Balaban J connectivity index is 0.00000192. The molecular weight excluding hydrogens is 421 g/mol. The van der Waals surface area contributed by atoms with Crippen LogP contribution in [0.15, 0.2) is 4.99 Å². The fraction of sp³-hybridized carbons (Fsp3) is 0.941. The molecule has 1 saturated heterocycles. The Hall–Kier alpha value is 0.310. The largest absolute Gasteiger partial charge is 0.377 e. The van der Waals surface area contributed by atoms with Gasteiger partial charge in [0.2, 0.25) is 0 Å². The SMILES string of the molecule is CN=C(NCC(C)(C)SC)NC1C2CCOC2C12CCCC2.I. The Kier molecular flexibility index (Phi) is 6.56.